The maximum atomic E-state index is 4.91. The molecule has 0 fully saturated rings. The fourth-order valence-corrected chi connectivity index (χ4v) is 0.981. The quantitative estimate of drug-likeness (QED) is 0.558. The SMILES string of the molecule is CC1CC(CBr)=NO1. The molecule has 1 heterocycles. The van der Waals surface area contributed by atoms with Crippen LogP contribution in [0.2, 0.25) is 0 Å². The van der Waals surface area contributed by atoms with Gasteiger partial charge in [-0.2, -0.15) is 0 Å². The number of hydrogen-bond acceptors (Lipinski definition) is 2. The van der Waals surface area contributed by atoms with Gasteiger partial charge in [-0.05, 0) is 6.92 Å². The topological polar surface area (TPSA) is 21.6 Å². The first-order chi connectivity index (χ1) is 3.83. The fraction of sp³-hybridized carbons (Fsp3) is 0.800. The average Bonchev–Trinajstić information content (AvgIpc) is 2.14. The lowest BCUT2D eigenvalue weighted by Gasteiger charge is -1.94. The summed E-state index contributed by atoms with van der Waals surface area (Å²) in [5.74, 6) is 0. The minimum atomic E-state index is 0.294. The molecule has 0 bridgehead atoms. The highest BCUT2D eigenvalue weighted by Crippen LogP contribution is 2.09. The van der Waals surface area contributed by atoms with Gasteiger partial charge in [0.1, 0.15) is 6.10 Å². The molecule has 0 saturated heterocycles. The van der Waals surface area contributed by atoms with Crippen molar-refractivity contribution < 1.29 is 4.84 Å². The van der Waals surface area contributed by atoms with Crippen molar-refractivity contribution in [3.8, 4) is 0 Å². The molecule has 1 rings (SSSR count). The second-order valence-corrected chi connectivity index (χ2v) is 2.47. The van der Waals surface area contributed by atoms with Gasteiger partial charge in [-0.1, -0.05) is 21.1 Å². The van der Waals surface area contributed by atoms with Crippen molar-refractivity contribution in [3.63, 3.8) is 0 Å². The molecule has 0 aromatic carbocycles. The van der Waals surface area contributed by atoms with Gasteiger partial charge in [0.25, 0.3) is 0 Å². The van der Waals surface area contributed by atoms with E-state index in [2.05, 4.69) is 21.1 Å². The summed E-state index contributed by atoms with van der Waals surface area (Å²) in [7, 11) is 0. The third-order valence-corrected chi connectivity index (χ3v) is 1.69. The van der Waals surface area contributed by atoms with Crippen LogP contribution in [0.25, 0.3) is 0 Å². The van der Waals surface area contributed by atoms with E-state index in [4.69, 9.17) is 4.84 Å². The Kier molecular flexibility index (Phi) is 1.89. The second kappa shape index (κ2) is 2.49. The van der Waals surface area contributed by atoms with E-state index in [1.54, 1.807) is 0 Å². The van der Waals surface area contributed by atoms with E-state index in [0.717, 1.165) is 17.5 Å². The lowest BCUT2D eigenvalue weighted by atomic mass is 10.2. The van der Waals surface area contributed by atoms with Gasteiger partial charge in [-0.15, -0.1) is 0 Å². The first-order valence-electron chi connectivity index (χ1n) is 2.60. The van der Waals surface area contributed by atoms with E-state index in [0.29, 0.717) is 6.10 Å². The van der Waals surface area contributed by atoms with Crippen molar-refractivity contribution in [1.29, 1.82) is 0 Å². The lowest BCUT2D eigenvalue weighted by Crippen LogP contribution is -2.01. The third-order valence-electron chi connectivity index (χ3n) is 1.04. The van der Waals surface area contributed by atoms with Gasteiger partial charge in [-0.25, -0.2) is 0 Å². The van der Waals surface area contributed by atoms with Crippen LogP contribution in [0.5, 0.6) is 0 Å². The van der Waals surface area contributed by atoms with Gasteiger partial charge < -0.3 is 4.84 Å². The van der Waals surface area contributed by atoms with Crippen molar-refractivity contribution in [2.24, 2.45) is 5.16 Å². The van der Waals surface area contributed by atoms with Gasteiger partial charge in [-0.3, -0.25) is 0 Å². The van der Waals surface area contributed by atoms with Crippen LogP contribution in [0.15, 0.2) is 5.16 Å². The molecule has 1 atom stereocenters. The van der Waals surface area contributed by atoms with Crippen LogP contribution < -0.4 is 0 Å². The Hall–Kier alpha value is -0.0500. The van der Waals surface area contributed by atoms with Gasteiger partial charge in [0, 0.05) is 11.8 Å². The van der Waals surface area contributed by atoms with Crippen molar-refractivity contribution >= 4 is 21.6 Å². The molecule has 0 aromatic rings. The van der Waals surface area contributed by atoms with Gasteiger partial charge >= 0.3 is 0 Å². The summed E-state index contributed by atoms with van der Waals surface area (Å²) in [5.41, 5.74) is 1.11. The number of hydrogen-bond donors (Lipinski definition) is 0. The molecule has 0 saturated carbocycles. The zero-order valence-corrected chi connectivity index (χ0v) is 6.31. The van der Waals surface area contributed by atoms with Crippen molar-refractivity contribution in [1.82, 2.24) is 0 Å². The van der Waals surface area contributed by atoms with E-state index < -0.39 is 0 Å². The number of rotatable bonds is 1. The number of alkyl halides is 1. The van der Waals surface area contributed by atoms with Crippen molar-refractivity contribution in [2.45, 2.75) is 19.4 Å². The van der Waals surface area contributed by atoms with E-state index in [-0.39, 0.29) is 0 Å². The highest BCUT2D eigenvalue weighted by Gasteiger charge is 2.13. The number of nitrogens with zero attached hydrogens (tertiary/aromatic N) is 1. The smallest absolute Gasteiger partial charge is 0.130 e. The normalized spacial score (nSPS) is 27.2. The fourth-order valence-electron chi connectivity index (χ4n) is 0.650. The van der Waals surface area contributed by atoms with E-state index in [1.165, 1.54) is 0 Å². The molecule has 1 unspecified atom stereocenters. The van der Waals surface area contributed by atoms with Crippen LogP contribution in [0.3, 0.4) is 0 Å². The Morgan fingerprint density at radius 3 is 3.00 bits per heavy atom. The Morgan fingerprint density at radius 1 is 2.00 bits per heavy atom. The Labute approximate surface area is 57.0 Å². The molecular weight excluding hydrogens is 170 g/mol. The third kappa shape index (κ3) is 1.22. The maximum Gasteiger partial charge on any atom is 0.130 e. The molecule has 0 aliphatic carbocycles. The van der Waals surface area contributed by atoms with Gasteiger partial charge in [0.15, 0.2) is 0 Å². The summed E-state index contributed by atoms with van der Waals surface area (Å²) in [6.07, 6.45) is 1.27. The van der Waals surface area contributed by atoms with E-state index in [9.17, 15) is 0 Å². The predicted molar refractivity (Wildman–Crippen MR) is 36.4 cm³/mol. The second-order valence-electron chi connectivity index (χ2n) is 1.91. The molecule has 3 heteroatoms. The molecule has 2 nitrogen and oxygen atoms in total. The van der Waals surface area contributed by atoms with Crippen LogP contribution in [-0.4, -0.2) is 17.1 Å². The zero-order chi connectivity index (χ0) is 5.98. The Bertz CT molecular complexity index is 113. The first-order valence-corrected chi connectivity index (χ1v) is 3.72. The number of halogens is 1. The summed E-state index contributed by atoms with van der Waals surface area (Å²) in [5, 5.41) is 4.65. The van der Waals surface area contributed by atoms with Crippen LogP contribution in [0.4, 0.5) is 0 Å². The van der Waals surface area contributed by atoms with Gasteiger partial charge in [0.05, 0.1) is 5.71 Å². The summed E-state index contributed by atoms with van der Waals surface area (Å²) in [6, 6.07) is 0. The first kappa shape index (κ1) is 6.08. The van der Waals surface area contributed by atoms with Crippen LogP contribution in [0.1, 0.15) is 13.3 Å². The molecule has 0 spiro atoms. The largest absolute Gasteiger partial charge is 0.392 e. The standard InChI is InChI=1S/C5H8BrNO/c1-4-2-5(3-6)7-8-4/h4H,2-3H2,1H3. The molecular formula is C5H8BrNO. The summed E-state index contributed by atoms with van der Waals surface area (Å²) < 4.78 is 0. The van der Waals surface area contributed by atoms with E-state index >= 15 is 0 Å². The molecule has 1 aliphatic rings. The highest BCUT2D eigenvalue weighted by molar-refractivity contribution is 9.09. The Morgan fingerprint density at radius 2 is 2.75 bits per heavy atom. The van der Waals surface area contributed by atoms with Crippen LogP contribution >= 0.6 is 15.9 Å². The Balaban J connectivity index is 2.37. The van der Waals surface area contributed by atoms with Crippen molar-refractivity contribution in [2.75, 3.05) is 5.33 Å². The van der Waals surface area contributed by atoms with Crippen molar-refractivity contribution in [3.05, 3.63) is 0 Å². The lowest BCUT2D eigenvalue weighted by molar-refractivity contribution is 0.0995. The minimum Gasteiger partial charge on any atom is -0.392 e. The minimum absolute atomic E-state index is 0.294. The number of oxime groups is 1. The molecule has 0 aromatic heterocycles. The maximum absolute atomic E-state index is 4.91. The summed E-state index contributed by atoms with van der Waals surface area (Å²) >= 11 is 3.29. The molecule has 8 heavy (non-hydrogen) atoms. The average molecular weight is 178 g/mol. The molecule has 0 N–H and O–H groups in total. The summed E-state index contributed by atoms with van der Waals surface area (Å²) in [4.78, 5) is 4.91. The van der Waals surface area contributed by atoms with Gasteiger partial charge in [0.2, 0.25) is 0 Å². The van der Waals surface area contributed by atoms with Crippen LogP contribution in [-0.2, 0) is 4.84 Å². The zero-order valence-electron chi connectivity index (χ0n) is 4.72. The molecule has 46 valence electrons. The molecule has 0 radical (unpaired) electrons. The predicted octanol–water partition coefficient (Wildman–Crippen LogP) is 1.55. The monoisotopic (exact) mass is 177 g/mol. The highest BCUT2D eigenvalue weighted by atomic mass is 79.9. The van der Waals surface area contributed by atoms with E-state index in [1.807, 2.05) is 6.92 Å². The molecule has 1 aliphatic heterocycles. The summed E-state index contributed by atoms with van der Waals surface area (Å²) in [6.45, 7) is 2.01. The molecule has 0 amide bonds. The van der Waals surface area contributed by atoms with Crippen LogP contribution in [0, 0.1) is 0 Å².